The van der Waals surface area contributed by atoms with Crippen LogP contribution in [-0.4, -0.2) is 12.1 Å². The van der Waals surface area contributed by atoms with Crippen LogP contribution in [0.5, 0.6) is 5.75 Å². The van der Waals surface area contributed by atoms with E-state index in [2.05, 4.69) is 4.98 Å². The first-order chi connectivity index (χ1) is 7.76. The summed E-state index contributed by atoms with van der Waals surface area (Å²) >= 11 is 7.46. The number of para-hydroxylation sites is 1. The third kappa shape index (κ3) is 2.04. The van der Waals surface area contributed by atoms with Gasteiger partial charge in [0, 0.05) is 6.54 Å². The number of methoxy groups -OCH3 is 1. The molecule has 0 aliphatic heterocycles. The summed E-state index contributed by atoms with van der Waals surface area (Å²) in [5.74, 6) is 0.788. The second-order valence-electron chi connectivity index (χ2n) is 3.14. The number of hydrogen-bond acceptors (Lipinski definition) is 4. The van der Waals surface area contributed by atoms with Crippen LogP contribution in [0, 0.1) is 0 Å². The Balaban J connectivity index is 2.49. The van der Waals surface area contributed by atoms with Crippen molar-refractivity contribution >= 4 is 22.9 Å². The van der Waals surface area contributed by atoms with Gasteiger partial charge in [-0.05, 0) is 12.1 Å². The highest BCUT2D eigenvalue weighted by Gasteiger charge is 2.12. The lowest BCUT2D eigenvalue weighted by atomic mass is 10.2. The number of rotatable bonds is 3. The first kappa shape index (κ1) is 11.4. The Kier molecular flexibility index (Phi) is 3.43. The summed E-state index contributed by atoms with van der Waals surface area (Å²) in [6.45, 7) is 0.408. The lowest BCUT2D eigenvalue weighted by Crippen LogP contribution is -1.92. The molecule has 2 N–H and O–H groups in total. The van der Waals surface area contributed by atoms with Gasteiger partial charge in [0.1, 0.15) is 15.9 Å². The highest BCUT2D eigenvalue weighted by Crippen LogP contribution is 2.35. The Morgan fingerprint density at radius 2 is 2.19 bits per heavy atom. The van der Waals surface area contributed by atoms with E-state index in [1.165, 1.54) is 11.3 Å². The van der Waals surface area contributed by atoms with E-state index in [-0.39, 0.29) is 0 Å². The minimum Gasteiger partial charge on any atom is -0.496 e. The Bertz CT molecular complexity index is 498. The molecule has 1 aromatic carbocycles. The third-order valence-corrected chi connectivity index (χ3v) is 3.71. The first-order valence-electron chi connectivity index (χ1n) is 4.75. The Labute approximate surface area is 103 Å². The number of thiazole rings is 1. The van der Waals surface area contributed by atoms with Gasteiger partial charge in [0.05, 0.1) is 17.6 Å². The average molecular weight is 255 g/mol. The Morgan fingerprint density at radius 3 is 2.81 bits per heavy atom. The fourth-order valence-corrected chi connectivity index (χ4v) is 2.59. The van der Waals surface area contributed by atoms with Crippen molar-refractivity contribution in [3.63, 3.8) is 0 Å². The van der Waals surface area contributed by atoms with Gasteiger partial charge < -0.3 is 10.5 Å². The second-order valence-corrected chi connectivity index (χ2v) is 4.58. The van der Waals surface area contributed by atoms with Gasteiger partial charge in [0.2, 0.25) is 0 Å². The number of nitrogens with zero attached hydrogens (tertiary/aromatic N) is 1. The van der Waals surface area contributed by atoms with E-state index in [0.717, 1.165) is 21.2 Å². The van der Waals surface area contributed by atoms with Gasteiger partial charge in [0.25, 0.3) is 0 Å². The fourth-order valence-electron chi connectivity index (χ4n) is 1.40. The lowest BCUT2D eigenvalue weighted by Gasteiger charge is -2.04. The van der Waals surface area contributed by atoms with Gasteiger partial charge in [-0.3, -0.25) is 0 Å². The van der Waals surface area contributed by atoms with Crippen molar-refractivity contribution in [1.82, 2.24) is 4.98 Å². The van der Waals surface area contributed by atoms with E-state index in [0.29, 0.717) is 11.7 Å². The van der Waals surface area contributed by atoms with Crippen LogP contribution in [0.2, 0.25) is 5.15 Å². The molecule has 1 aromatic heterocycles. The van der Waals surface area contributed by atoms with Crippen LogP contribution in [-0.2, 0) is 6.54 Å². The molecule has 0 aliphatic rings. The Morgan fingerprint density at radius 1 is 1.44 bits per heavy atom. The van der Waals surface area contributed by atoms with Crippen molar-refractivity contribution in [3.8, 4) is 16.3 Å². The second kappa shape index (κ2) is 4.82. The SMILES string of the molecule is COc1ccccc1-c1nc(Cl)c(CN)s1. The van der Waals surface area contributed by atoms with E-state index in [1.54, 1.807) is 7.11 Å². The minimum absolute atomic E-state index is 0.408. The summed E-state index contributed by atoms with van der Waals surface area (Å²) in [6, 6.07) is 7.71. The number of aromatic nitrogens is 1. The molecule has 0 spiro atoms. The monoisotopic (exact) mass is 254 g/mol. The fraction of sp³-hybridized carbons (Fsp3) is 0.182. The standard InChI is InChI=1S/C11H11ClN2OS/c1-15-8-5-3-2-4-7(8)11-14-10(12)9(6-13)16-11/h2-5H,6,13H2,1H3. The van der Waals surface area contributed by atoms with Crippen molar-refractivity contribution in [2.45, 2.75) is 6.54 Å². The molecule has 3 nitrogen and oxygen atoms in total. The normalized spacial score (nSPS) is 10.4. The molecule has 0 radical (unpaired) electrons. The van der Waals surface area contributed by atoms with Gasteiger partial charge in [-0.1, -0.05) is 23.7 Å². The van der Waals surface area contributed by atoms with Crippen LogP contribution in [0.25, 0.3) is 10.6 Å². The van der Waals surface area contributed by atoms with E-state index >= 15 is 0 Å². The largest absolute Gasteiger partial charge is 0.496 e. The molecule has 5 heteroatoms. The summed E-state index contributed by atoms with van der Waals surface area (Å²) in [4.78, 5) is 5.18. The zero-order chi connectivity index (χ0) is 11.5. The van der Waals surface area contributed by atoms with Gasteiger partial charge in [-0.15, -0.1) is 11.3 Å². The van der Waals surface area contributed by atoms with Gasteiger partial charge in [-0.2, -0.15) is 0 Å². The van der Waals surface area contributed by atoms with Crippen LogP contribution in [0.1, 0.15) is 4.88 Å². The van der Waals surface area contributed by atoms with Crippen LogP contribution in [0.15, 0.2) is 24.3 Å². The molecule has 0 unspecified atom stereocenters. The molecule has 2 aromatic rings. The van der Waals surface area contributed by atoms with Gasteiger partial charge in [0.15, 0.2) is 0 Å². The number of hydrogen-bond donors (Lipinski definition) is 1. The van der Waals surface area contributed by atoms with Gasteiger partial charge >= 0.3 is 0 Å². The molecule has 0 amide bonds. The summed E-state index contributed by atoms with van der Waals surface area (Å²) in [6.07, 6.45) is 0. The predicted molar refractivity (Wildman–Crippen MR) is 67.0 cm³/mol. The highest BCUT2D eigenvalue weighted by atomic mass is 35.5. The number of nitrogens with two attached hydrogens (primary N) is 1. The zero-order valence-electron chi connectivity index (χ0n) is 8.74. The molecular weight excluding hydrogens is 244 g/mol. The van der Waals surface area contributed by atoms with E-state index in [9.17, 15) is 0 Å². The molecule has 84 valence electrons. The number of ether oxygens (including phenoxy) is 1. The number of benzene rings is 1. The minimum atomic E-state index is 0.408. The number of halogens is 1. The third-order valence-electron chi connectivity index (χ3n) is 2.17. The van der Waals surface area contributed by atoms with E-state index < -0.39 is 0 Å². The topological polar surface area (TPSA) is 48.1 Å². The van der Waals surface area contributed by atoms with E-state index in [4.69, 9.17) is 22.1 Å². The quantitative estimate of drug-likeness (QED) is 0.916. The van der Waals surface area contributed by atoms with Crippen LogP contribution < -0.4 is 10.5 Å². The molecule has 2 rings (SSSR count). The molecule has 0 atom stereocenters. The smallest absolute Gasteiger partial charge is 0.145 e. The van der Waals surface area contributed by atoms with Crippen molar-refractivity contribution in [2.75, 3.05) is 7.11 Å². The molecule has 0 bridgehead atoms. The molecule has 0 saturated carbocycles. The summed E-state index contributed by atoms with van der Waals surface area (Å²) in [5.41, 5.74) is 6.51. The van der Waals surface area contributed by atoms with Crippen molar-refractivity contribution in [3.05, 3.63) is 34.3 Å². The average Bonchev–Trinajstić information content (AvgIpc) is 2.70. The molecule has 0 aliphatic carbocycles. The molecular formula is C11H11ClN2OS. The first-order valence-corrected chi connectivity index (χ1v) is 5.94. The maximum absolute atomic E-state index is 5.97. The maximum Gasteiger partial charge on any atom is 0.145 e. The summed E-state index contributed by atoms with van der Waals surface area (Å²) in [7, 11) is 1.64. The van der Waals surface area contributed by atoms with Crippen molar-refractivity contribution < 1.29 is 4.74 Å². The van der Waals surface area contributed by atoms with Crippen molar-refractivity contribution in [2.24, 2.45) is 5.73 Å². The lowest BCUT2D eigenvalue weighted by molar-refractivity contribution is 0.416. The Hall–Kier alpha value is -1.10. The van der Waals surface area contributed by atoms with Crippen LogP contribution >= 0.6 is 22.9 Å². The van der Waals surface area contributed by atoms with Gasteiger partial charge in [-0.25, -0.2) is 4.98 Å². The summed E-state index contributed by atoms with van der Waals surface area (Å²) in [5, 5.41) is 1.32. The van der Waals surface area contributed by atoms with Crippen LogP contribution in [0.3, 0.4) is 0 Å². The summed E-state index contributed by atoms with van der Waals surface area (Å²) < 4.78 is 5.27. The zero-order valence-corrected chi connectivity index (χ0v) is 10.3. The molecule has 16 heavy (non-hydrogen) atoms. The predicted octanol–water partition coefficient (Wildman–Crippen LogP) is 2.93. The van der Waals surface area contributed by atoms with Crippen LogP contribution in [0.4, 0.5) is 0 Å². The molecule has 0 fully saturated rings. The maximum atomic E-state index is 5.97. The molecule has 1 heterocycles. The van der Waals surface area contributed by atoms with Crippen molar-refractivity contribution in [1.29, 1.82) is 0 Å². The van der Waals surface area contributed by atoms with E-state index in [1.807, 2.05) is 24.3 Å². The highest BCUT2D eigenvalue weighted by molar-refractivity contribution is 7.15. The molecule has 0 saturated heterocycles.